The van der Waals surface area contributed by atoms with Gasteiger partial charge >= 0.3 is 0 Å². The summed E-state index contributed by atoms with van der Waals surface area (Å²) < 4.78 is 0. The molecule has 0 atom stereocenters. The molecule has 0 aromatic heterocycles. The second kappa shape index (κ2) is 9.84. The summed E-state index contributed by atoms with van der Waals surface area (Å²) in [6, 6.07) is 16.2. The zero-order valence-corrected chi connectivity index (χ0v) is 15.5. The van der Waals surface area contributed by atoms with Gasteiger partial charge < -0.3 is 15.5 Å². The summed E-state index contributed by atoms with van der Waals surface area (Å²) in [6.07, 6.45) is 0.934. The van der Waals surface area contributed by atoms with E-state index in [0.717, 1.165) is 42.9 Å². The molecule has 0 aliphatic carbocycles. The van der Waals surface area contributed by atoms with Crippen LogP contribution in [0.4, 0.5) is 5.69 Å². The van der Waals surface area contributed by atoms with Crippen molar-refractivity contribution in [3.05, 3.63) is 65.2 Å². The topological polar surface area (TPSA) is 44.4 Å². The molecular formula is C21H29N3O. The van der Waals surface area contributed by atoms with Gasteiger partial charge in [0.1, 0.15) is 0 Å². The lowest BCUT2D eigenvalue weighted by molar-refractivity contribution is 0.0952. The van der Waals surface area contributed by atoms with E-state index in [1.807, 2.05) is 31.2 Å². The standard InChI is InChI=1S/C21H29N3O/c1-4-22-20-12-11-19(15-17(20)2)21(25)23-13-8-14-24(3)16-18-9-6-5-7-10-18/h5-7,9-12,15,22H,4,8,13-14,16H2,1-3H3,(H,23,25). The van der Waals surface area contributed by atoms with Crippen LogP contribution in [0.3, 0.4) is 0 Å². The number of hydrogen-bond acceptors (Lipinski definition) is 3. The van der Waals surface area contributed by atoms with Gasteiger partial charge in [0.25, 0.3) is 5.91 Å². The van der Waals surface area contributed by atoms with E-state index < -0.39 is 0 Å². The molecule has 2 rings (SSSR count). The number of carbonyl (C=O) groups is 1. The Labute approximate surface area is 151 Å². The largest absolute Gasteiger partial charge is 0.385 e. The minimum atomic E-state index is -0.00291. The van der Waals surface area contributed by atoms with Crippen LogP contribution in [0.15, 0.2) is 48.5 Å². The van der Waals surface area contributed by atoms with Crippen LogP contribution in [0.1, 0.15) is 34.8 Å². The highest BCUT2D eigenvalue weighted by Gasteiger charge is 2.07. The highest BCUT2D eigenvalue weighted by Crippen LogP contribution is 2.16. The highest BCUT2D eigenvalue weighted by atomic mass is 16.1. The number of nitrogens with zero attached hydrogens (tertiary/aromatic N) is 1. The Morgan fingerprint density at radius 3 is 2.56 bits per heavy atom. The third-order valence-corrected chi connectivity index (χ3v) is 4.15. The van der Waals surface area contributed by atoms with E-state index in [1.165, 1.54) is 5.56 Å². The maximum absolute atomic E-state index is 12.3. The SMILES string of the molecule is CCNc1ccc(C(=O)NCCCN(C)Cc2ccccc2)cc1C. The van der Waals surface area contributed by atoms with Gasteiger partial charge in [-0.25, -0.2) is 0 Å². The number of amides is 1. The average molecular weight is 339 g/mol. The Morgan fingerprint density at radius 1 is 1.12 bits per heavy atom. The monoisotopic (exact) mass is 339 g/mol. The van der Waals surface area contributed by atoms with Crippen LogP contribution in [-0.2, 0) is 6.54 Å². The fourth-order valence-electron chi connectivity index (χ4n) is 2.82. The van der Waals surface area contributed by atoms with Crippen molar-refractivity contribution in [1.82, 2.24) is 10.2 Å². The van der Waals surface area contributed by atoms with Gasteiger partial charge in [0.15, 0.2) is 0 Å². The summed E-state index contributed by atoms with van der Waals surface area (Å²) in [5.41, 5.74) is 4.21. The lowest BCUT2D eigenvalue weighted by Crippen LogP contribution is -2.28. The summed E-state index contributed by atoms with van der Waals surface area (Å²) in [4.78, 5) is 14.5. The van der Waals surface area contributed by atoms with Crippen LogP contribution in [0.25, 0.3) is 0 Å². The molecule has 4 nitrogen and oxygen atoms in total. The number of nitrogens with one attached hydrogen (secondary N) is 2. The molecule has 0 fully saturated rings. The van der Waals surface area contributed by atoms with Crippen LogP contribution in [-0.4, -0.2) is 37.5 Å². The molecule has 1 amide bonds. The molecule has 0 heterocycles. The highest BCUT2D eigenvalue weighted by molar-refractivity contribution is 5.94. The van der Waals surface area contributed by atoms with Crippen molar-refractivity contribution < 1.29 is 4.79 Å². The van der Waals surface area contributed by atoms with Gasteiger partial charge in [0, 0.05) is 30.9 Å². The number of anilines is 1. The summed E-state index contributed by atoms with van der Waals surface area (Å²) in [6.45, 7) is 7.53. The van der Waals surface area contributed by atoms with Crippen LogP contribution >= 0.6 is 0 Å². The first-order valence-corrected chi connectivity index (χ1v) is 8.95. The molecule has 25 heavy (non-hydrogen) atoms. The van der Waals surface area contributed by atoms with Gasteiger partial charge in [-0.1, -0.05) is 30.3 Å². The van der Waals surface area contributed by atoms with Crippen LogP contribution < -0.4 is 10.6 Å². The molecular weight excluding hydrogens is 310 g/mol. The lowest BCUT2D eigenvalue weighted by Gasteiger charge is -2.17. The number of benzene rings is 2. The second-order valence-corrected chi connectivity index (χ2v) is 6.39. The Morgan fingerprint density at radius 2 is 1.88 bits per heavy atom. The predicted molar refractivity (Wildman–Crippen MR) is 105 cm³/mol. The van der Waals surface area contributed by atoms with Crippen molar-refractivity contribution in [2.45, 2.75) is 26.8 Å². The van der Waals surface area contributed by atoms with E-state index in [1.54, 1.807) is 0 Å². The Bertz CT molecular complexity index is 670. The molecule has 0 unspecified atom stereocenters. The fraction of sp³-hybridized carbons (Fsp3) is 0.381. The molecule has 0 aliphatic rings. The maximum atomic E-state index is 12.3. The van der Waals surface area contributed by atoms with E-state index in [4.69, 9.17) is 0 Å². The summed E-state index contributed by atoms with van der Waals surface area (Å²) in [7, 11) is 2.11. The van der Waals surface area contributed by atoms with Crippen molar-refractivity contribution in [2.24, 2.45) is 0 Å². The molecule has 0 bridgehead atoms. The first-order chi connectivity index (χ1) is 12.1. The minimum absolute atomic E-state index is 0.00291. The third kappa shape index (κ3) is 6.24. The van der Waals surface area contributed by atoms with Gasteiger partial charge in [-0.3, -0.25) is 4.79 Å². The van der Waals surface area contributed by atoms with Gasteiger partial charge in [-0.2, -0.15) is 0 Å². The van der Waals surface area contributed by atoms with Crippen molar-refractivity contribution in [3.8, 4) is 0 Å². The van der Waals surface area contributed by atoms with Crippen molar-refractivity contribution in [3.63, 3.8) is 0 Å². The van der Waals surface area contributed by atoms with E-state index in [2.05, 4.69) is 53.8 Å². The molecule has 134 valence electrons. The first-order valence-electron chi connectivity index (χ1n) is 8.95. The second-order valence-electron chi connectivity index (χ2n) is 6.39. The van der Waals surface area contributed by atoms with E-state index in [0.29, 0.717) is 6.54 Å². The van der Waals surface area contributed by atoms with E-state index in [9.17, 15) is 4.79 Å². The lowest BCUT2D eigenvalue weighted by atomic mass is 10.1. The average Bonchev–Trinajstić information content (AvgIpc) is 2.61. The molecule has 0 aliphatic heterocycles. The molecule has 2 N–H and O–H groups in total. The fourth-order valence-corrected chi connectivity index (χ4v) is 2.82. The molecule has 0 saturated carbocycles. The summed E-state index contributed by atoms with van der Waals surface area (Å²) in [5.74, 6) is -0.00291. The van der Waals surface area contributed by atoms with E-state index >= 15 is 0 Å². The van der Waals surface area contributed by atoms with Crippen molar-refractivity contribution >= 4 is 11.6 Å². The van der Waals surface area contributed by atoms with Gasteiger partial charge in [-0.05, 0) is 63.2 Å². The van der Waals surface area contributed by atoms with Gasteiger partial charge in [0.05, 0.1) is 0 Å². The smallest absolute Gasteiger partial charge is 0.251 e. The normalized spacial score (nSPS) is 10.7. The zero-order chi connectivity index (χ0) is 18.1. The van der Waals surface area contributed by atoms with Crippen LogP contribution in [0.2, 0.25) is 0 Å². The molecule has 0 spiro atoms. The number of rotatable bonds is 9. The minimum Gasteiger partial charge on any atom is -0.385 e. The molecule has 0 radical (unpaired) electrons. The quantitative estimate of drug-likeness (QED) is 0.685. The zero-order valence-electron chi connectivity index (χ0n) is 15.5. The Balaban J connectivity index is 1.72. The number of aryl methyl sites for hydroxylation is 1. The van der Waals surface area contributed by atoms with E-state index in [-0.39, 0.29) is 5.91 Å². The number of hydrogen-bond donors (Lipinski definition) is 2. The molecule has 2 aromatic rings. The molecule has 2 aromatic carbocycles. The van der Waals surface area contributed by atoms with Crippen LogP contribution in [0, 0.1) is 6.92 Å². The maximum Gasteiger partial charge on any atom is 0.251 e. The third-order valence-electron chi connectivity index (χ3n) is 4.15. The summed E-state index contributed by atoms with van der Waals surface area (Å²) in [5, 5.41) is 6.30. The Hall–Kier alpha value is -2.33. The number of carbonyl (C=O) groups excluding carboxylic acids is 1. The van der Waals surface area contributed by atoms with Gasteiger partial charge in [-0.15, -0.1) is 0 Å². The van der Waals surface area contributed by atoms with Crippen molar-refractivity contribution in [2.75, 3.05) is 32.0 Å². The van der Waals surface area contributed by atoms with Crippen molar-refractivity contribution in [1.29, 1.82) is 0 Å². The Kier molecular flexibility index (Phi) is 7.48. The molecule has 0 saturated heterocycles. The summed E-state index contributed by atoms with van der Waals surface area (Å²) >= 11 is 0. The van der Waals surface area contributed by atoms with Gasteiger partial charge in [0.2, 0.25) is 0 Å². The predicted octanol–water partition coefficient (Wildman–Crippen LogP) is 3.68. The molecule has 4 heteroatoms. The first kappa shape index (κ1) is 19.0. The van der Waals surface area contributed by atoms with Crippen LogP contribution in [0.5, 0.6) is 0 Å².